The minimum atomic E-state index is -0.995. The maximum Gasteiger partial charge on any atom is 0.333 e. The number of carbonyl (C=O) groups is 2. The molecule has 2 atom stereocenters. The highest BCUT2D eigenvalue weighted by molar-refractivity contribution is 5.81. The molecule has 0 amide bonds. The van der Waals surface area contributed by atoms with Crippen LogP contribution in [-0.4, -0.2) is 24.5 Å². The Morgan fingerprint density at radius 3 is 1.32 bits per heavy atom. The van der Waals surface area contributed by atoms with Crippen LogP contribution < -0.4 is 9.47 Å². The summed E-state index contributed by atoms with van der Waals surface area (Å²) in [5, 5.41) is 0. The Kier molecular flexibility index (Phi) is 9.76. The van der Waals surface area contributed by atoms with E-state index < -0.39 is 36.2 Å². The lowest BCUT2D eigenvalue weighted by atomic mass is 9.98. The van der Waals surface area contributed by atoms with Crippen molar-refractivity contribution in [1.82, 2.24) is 0 Å². The quantitative estimate of drug-likeness (QED) is 0.145. The van der Waals surface area contributed by atoms with Crippen LogP contribution in [0.25, 0.3) is 22.3 Å². The average molecular weight is 523 g/mol. The smallest absolute Gasteiger partial charge is 0.333 e. The highest BCUT2D eigenvalue weighted by atomic mass is 19.2. The molecule has 3 rings (SSSR count). The lowest BCUT2D eigenvalue weighted by Crippen LogP contribution is -2.22. The van der Waals surface area contributed by atoms with Gasteiger partial charge in [-0.05, 0) is 35.4 Å². The van der Waals surface area contributed by atoms with E-state index in [9.17, 15) is 9.59 Å². The van der Waals surface area contributed by atoms with Crippen molar-refractivity contribution in [1.29, 1.82) is 0 Å². The number of carbonyl (C=O) groups excluding carboxylic acids is 2. The molecule has 0 saturated carbocycles. The van der Waals surface area contributed by atoms with Gasteiger partial charge in [-0.25, -0.2) is 18.4 Å². The van der Waals surface area contributed by atoms with Gasteiger partial charge in [0.25, 0.3) is 0 Å². The molecule has 0 aromatic heterocycles. The molecule has 0 N–H and O–H groups in total. The van der Waals surface area contributed by atoms with E-state index in [4.69, 9.17) is 18.9 Å². The first kappa shape index (κ1) is 28.1. The fourth-order valence-electron chi connectivity index (χ4n) is 3.46. The minimum absolute atomic E-state index is 0.0812. The standard InChI is InChI=1S/C30H28F2O6/c1-5-25(33)37-27(7-3)35-21-13-9-19(10-14-21)23-17-18-24(30(32)29(23)31)20-11-15-22(16-12-20)36-28(8-4)38-26(34)6-2/h5-6,9-18,27-28H,1-2,7-8H2,3-4H3. The molecule has 0 heterocycles. The van der Waals surface area contributed by atoms with Crippen molar-refractivity contribution in [3.8, 4) is 33.8 Å². The maximum absolute atomic E-state index is 15.1. The van der Waals surface area contributed by atoms with Crippen molar-refractivity contribution in [3.05, 3.63) is 97.6 Å². The number of esters is 2. The molecule has 3 aromatic carbocycles. The molecule has 0 aliphatic rings. The van der Waals surface area contributed by atoms with Gasteiger partial charge in [0.15, 0.2) is 11.6 Å². The van der Waals surface area contributed by atoms with Crippen LogP contribution >= 0.6 is 0 Å². The van der Waals surface area contributed by atoms with E-state index in [-0.39, 0.29) is 11.1 Å². The van der Waals surface area contributed by atoms with Crippen molar-refractivity contribution < 1.29 is 37.3 Å². The van der Waals surface area contributed by atoms with E-state index >= 15 is 8.78 Å². The van der Waals surface area contributed by atoms with Crippen molar-refractivity contribution in [3.63, 3.8) is 0 Å². The van der Waals surface area contributed by atoms with E-state index in [0.717, 1.165) is 12.2 Å². The Hall–Kier alpha value is -4.46. The molecule has 0 radical (unpaired) electrons. The zero-order valence-corrected chi connectivity index (χ0v) is 21.1. The van der Waals surface area contributed by atoms with Gasteiger partial charge in [0, 0.05) is 36.1 Å². The van der Waals surface area contributed by atoms with Crippen molar-refractivity contribution >= 4 is 11.9 Å². The van der Waals surface area contributed by atoms with Gasteiger partial charge in [-0.2, -0.15) is 0 Å². The lowest BCUT2D eigenvalue weighted by molar-refractivity contribution is -0.158. The number of hydrogen-bond donors (Lipinski definition) is 0. The highest BCUT2D eigenvalue weighted by Gasteiger charge is 2.18. The average Bonchev–Trinajstić information content (AvgIpc) is 2.94. The van der Waals surface area contributed by atoms with E-state index in [0.29, 0.717) is 35.5 Å². The van der Waals surface area contributed by atoms with E-state index in [2.05, 4.69) is 13.2 Å². The second kappa shape index (κ2) is 13.2. The third-order valence-corrected chi connectivity index (χ3v) is 5.44. The third kappa shape index (κ3) is 7.06. The first-order chi connectivity index (χ1) is 18.3. The number of halogens is 2. The number of rotatable bonds is 12. The van der Waals surface area contributed by atoms with Crippen LogP contribution in [0, 0.1) is 11.6 Å². The molecule has 0 fully saturated rings. The fraction of sp³-hybridized carbons (Fsp3) is 0.200. The Morgan fingerprint density at radius 2 is 1.03 bits per heavy atom. The molecule has 38 heavy (non-hydrogen) atoms. The van der Waals surface area contributed by atoms with Gasteiger partial charge >= 0.3 is 11.9 Å². The Balaban J connectivity index is 1.75. The summed E-state index contributed by atoms with van der Waals surface area (Å²) in [5.41, 5.74) is 1.05. The second-order valence-electron chi connectivity index (χ2n) is 8.03. The maximum atomic E-state index is 15.1. The summed E-state index contributed by atoms with van der Waals surface area (Å²) < 4.78 is 51.6. The van der Waals surface area contributed by atoms with Crippen LogP contribution in [0.5, 0.6) is 11.5 Å². The highest BCUT2D eigenvalue weighted by Crippen LogP contribution is 2.33. The molecule has 0 bridgehead atoms. The predicted molar refractivity (Wildman–Crippen MR) is 139 cm³/mol. The summed E-state index contributed by atoms with van der Waals surface area (Å²) >= 11 is 0. The van der Waals surface area contributed by atoms with Crippen molar-refractivity contribution in [2.75, 3.05) is 0 Å². The monoisotopic (exact) mass is 522 g/mol. The van der Waals surface area contributed by atoms with Gasteiger partial charge in [-0.15, -0.1) is 0 Å². The largest absolute Gasteiger partial charge is 0.455 e. The molecule has 0 spiro atoms. The first-order valence-corrected chi connectivity index (χ1v) is 12.0. The molecule has 0 aliphatic heterocycles. The van der Waals surface area contributed by atoms with Gasteiger partial charge < -0.3 is 18.9 Å². The third-order valence-electron chi connectivity index (χ3n) is 5.44. The van der Waals surface area contributed by atoms with E-state index in [1.807, 2.05) is 0 Å². The number of benzene rings is 3. The number of ether oxygens (including phenoxy) is 4. The molecule has 0 aliphatic carbocycles. The van der Waals surface area contributed by atoms with E-state index in [1.54, 1.807) is 62.4 Å². The van der Waals surface area contributed by atoms with Crippen molar-refractivity contribution in [2.24, 2.45) is 0 Å². The summed E-state index contributed by atoms with van der Waals surface area (Å²) in [6.07, 6.45) is 1.32. The molecular formula is C30H28F2O6. The van der Waals surface area contributed by atoms with Crippen LogP contribution in [-0.2, 0) is 19.1 Å². The Morgan fingerprint density at radius 1 is 0.684 bits per heavy atom. The zero-order valence-electron chi connectivity index (χ0n) is 21.1. The Bertz CT molecular complexity index is 1180. The summed E-state index contributed by atoms with van der Waals surface area (Å²) in [6, 6.07) is 15.7. The minimum Gasteiger partial charge on any atom is -0.455 e. The number of hydrogen-bond acceptors (Lipinski definition) is 6. The normalized spacial score (nSPS) is 12.1. The molecule has 2 unspecified atom stereocenters. The van der Waals surface area contributed by atoms with Gasteiger partial charge in [-0.1, -0.05) is 63.4 Å². The van der Waals surface area contributed by atoms with Gasteiger partial charge in [0.2, 0.25) is 12.6 Å². The summed E-state index contributed by atoms with van der Waals surface area (Å²) in [4.78, 5) is 22.8. The van der Waals surface area contributed by atoms with Gasteiger partial charge in [-0.3, -0.25) is 0 Å². The van der Waals surface area contributed by atoms with Crippen LogP contribution in [0.1, 0.15) is 26.7 Å². The summed E-state index contributed by atoms with van der Waals surface area (Å²) in [6.45, 7) is 10.3. The van der Waals surface area contributed by atoms with Crippen LogP contribution in [0.2, 0.25) is 0 Å². The van der Waals surface area contributed by atoms with Gasteiger partial charge in [0.1, 0.15) is 11.5 Å². The molecule has 198 valence electrons. The lowest BCUT2D eigenvalue weighted by Gasteiger charge is -2.17. The van der Waals surface area contributed by atoms with Crippen LogP contribution in [0.15, 0.2) is 86.0 Å². The second-order valence-corrected chi connectivity index (χ2v) is 8.03. The van der Waals surface area contributed by atoms with Crippen LogP contribution in [0.3, 0.4) is 0 Å². The van der Waals surface area contributed by atoms with Crippen molar-refractivity contribution in [2.45, 2.75) is 39.3 Å². The molecule has 3 aromatic rings. The topological polar surface area (TPSA) is 71.1 Å². The summed E-state index contributed by atoms with van der Waals surface area (Å²) in [5.74, 6) is -2.39. The summed E-state index contributed by atoms with van der Waals surface area (Å²) in [7, 11) is 0. The molecule has 8 heteroatoms. The Labute approximate surface area is 220 Å². The zero-order chi connectivity index (χ0) is 27.7. The van der Waals surface area contributed by atoms with Gasteiger partial charge in [0.05, 0.1) is 0 Å². The SMILES string of the molecule is C=CC(=O)OC(CC)Oc1ccc(-c2ccc(-c3ccc(OC(CC)OC(=O)C=C)cc3)c(F)c2F)cc1. The molecule has 0 saturated heterocycles. The fourth-order valence-corrected chi connectivity index (χ4v) is 3.46. The molecule has 6 nitrogen and oxygen atoms in total. The molecular weight excluding hydrogens is 494 g/mol. The van der Waals surface area contributed by atoms with E-state index in [1.165, 1.54) is 12.1 Å². The van der Waals surface area contributed by atoms with Crippen LogP contribution in [0.4, 0.5) is 8.78 Å². The predicted octanol–water partition coefficient (Wildman–Crippen LogP) is 6.99. The first-order valence-electron chi connectivity index (χ1n) is 12.0.